The van der Waals surface area contributed by atoms with E-state index in [-0.39, 0.29) is 6.42 Å². The number of carbonyl (C=O) groups is 1. The summed E-state index contributed by atoms with van der Waals surface area (Å²) in [5.41, 5.74) is 0.549. The number of carboxylic acids is 1. The van der Waals surface area contributed by atoms with Crippen molar-refractivity contribution in [2.45, 2.75) is 104 Å². The van der Waals surface area contributed by atoms with Crippen LogP contribution in [0.15, 0.2) is 36.9 Å². The number of imidazole rings is 2. The smallest absolute Gasteiger partial charge is 0.303 e. The zero-order valence-corrected chi connectivity index (χ0v) is 27.0. The first-order valence-corrected chi connectivity index (χ1v) is 17.2. The number of rotatable bonds is 17. The van der Waals surface area contributed by atoms with E-state index in [0.717, 1.165) is 63.3 Å². The molecule has 0 aromatic carbocycles. The first kappa shape index (κ1) is 31.9. The van der Waals surface area contributed by atoms with Gasteiger partial charge in [0.15, 0.2) is 0 Å². The highest BCUT2D eigenvalue weighted by atomic mass is 32.1. The molecule has 2 fully saturated rings. The SMILES string of the molecule is CCC(CC)N1CCC2(CCN(CCCn3ccnc3CN(Cc3ncc[nH]3)Cc3ccc(CCCC(=O)O)s3)C2)CC1. The Kier molecular flexibility index (Phi) is 11.5. The Morgan fingerprint density at radius 2 is 1.81 bits per heavy atom. The van der Waals surface area contributed by atoms with E-state index in [0.29, 0.717) is 11.8 Å². The van der Waals surface area contributed by atoms with E-state index < -0.39 is 5.97 Å². The summed E-state index contributed by atoms with van der Waals surface area (Å²) >= 11 is 1.78. The third-order valence-electron chi connectivity index (χ3n) is 9.71. The standard InChI is InChI=1S/C33H51N7O2S/c1-3-27(4-2)39-20-12-33(13-21-39)11-19-37(26-33)17-6-18-40-22-16-36-31(40)25-38(24-30-34-14-15-35-30)23-29-10-9-28(43-29)7-5-8-32(41)42/h9-10,14-16,22,27H,3-8,11-13,17-21,23-26H2,1-2H3,(H,34,35)(H,41,42). The first-order chi connectivity index (χ1) is 20.9. The maximum Gasteiger partial charge on any atom is 0.303 e. The van der Waals surface area contributed by atoms with E-state index in [9.17, 15) is 4.79 Å². The molecule has 3 aromatic rings. The van der Waals surface area contributed by atoms with Gasteiger partial charge in [-0.25, -0.2) is 9.97 Å². The minimum atomic E-state index is -0.727. The van der Waals surface area contributed by atoms with Crippen LogP contribution < -0.4 is 0 Å². The Labute approximate surface area is 261 Å². The number of piperidine rings is 1. The van der Waals surface area contributed by atoms with Gasteiger partial charge in [-0.2, -0.15) is 0 Å². The molecule has 2 aliphatic heterocycles. The molecule has 2 saturated heterocycles. The van der Waals surface area contributed by atoms with E-state index in [1.54, 1.807) is 17.5 Å². The number of carboxylic acid groups (broad SMARTS) is 1. The van der Waals surface area contributed by atoms with Crippen molar-refractivity contribution in [3.8, 4) is 0 Å². The van der Waals surface area contributed by atoms with Gasteiger partial charge in [-0.15, -0.1) is 11.3 Å². The Balaban J connectivity index is 1.11. The molecule has 43 heavy (non-hydrogen) atoms. The maximum atomic E-state index is 10.9. The average molecular weight is 610 g/mol. The second kappa shape index (κ2) is 15.5. The molecule has 10 heteroatoms. The maximum absolute atomic E-state index is 10.9. The summed E-state index contributed by atoms with van der Waals surface area (Å²) in [4.78, 5) is 33.8. The summed E-state index contributed by atoms with van der Waals surface area (Å²) in [7, 11) is 0. The number of hydrogen-bond acceptors (Lipinski definition) is 7. The lowest BCUT2D eigenvalue weighted by molar-refractivity contribution is -0.137. The molecule has 2 N–H and O–H groups in total. The highest BCUT2D eigenvalue weighted by molar-refractivity contribution is 7.11. The molecule has 1 spiro atoms. The molecule has 0 aliphatic carbocycles. The van der Waals surface area contributed by atoms with Crippen molar-refractivity contribution in [3.05, 3.63) is 58.3 Å². The fraction of sp³-hybridized carbons (Fsp3) is 0.667. The Morgan fingerprint density at radius 3 is 2.56 bits per heavy atom. The van der Waals surface area contributed by atoms with Crippen molar-refractivity contribution in [2.24, 2.45) is 5.41 Å². The topological polar surface area (TPSA) is 93.5 Å². The number of aliphatic carboxylic acids is 1. The van der Waals surface area contributed by atoms with Crippen LogP contribution in [0.1, 0.15) is 86.6 Å². The summed E-state index contributed by atoms with van der Waals surface area (Å²) in [6.45, 7) is 14.2. The highest BCUT2D eigenvalue weighted by Gasteiger charge is 2.40. The Bertz CT molecular complexity index is 1240. The van der Waals surface area contributed by atoms with Crippen LogP contribution in [0.25, 0.3) is 0 Å². The lowest BCUT2D eigenvalue weighted by atomic mass is 9.77. The van der Waals surface area contributed by atoms with Crippen molar-refractivity contribution in [3.63, 3.8) is 0 Å². The van der Waals surface area contributed by atoms with Crippen LogP contribution in [0.5, 0.6) is 0 Å². The number of H-pyrrole nitrogens is 1. The van der Waals surface area contributed by atoms with E-state index in [4.69, 9.17) is 10.1 Å². The van der Waals surface area contributed by atoms with Crippen LogP contribution in [0, 0.1) is 5.41 Å². The number of aromatic nitrogens is 4. The zero-order chi connectivity index (χ0) is 30.1. The van der Waals surface area contributed by atoms with Gasteiger partial charge < -0.3 is 24.5 Å². The fourth-order valence-electron chi connectivity index (χ4n) is 7.20. The predicted octanol–water partition coefficient (Wildman–Crippen LogP) is 5.64. The van der Waals surface area contributed by atoms with Gasteiger partial charge in [0.2, 0.25) is 0 Å². The molecule has 5 heterocycles. The van der Waals surface area contributed by atoms with Crippen molar-refractivity contribution in [1.82, 2.24) is 34.2 Å². The third-order valence-corrected chi connectivity index (χ3v) is 10.8. The third kappa shape index (κ3) is 9.00. The van der Waals surface area contributed by atoms with Crippen molar-refractivity contribution < 1.29 is 9.90 Å². The van der Waals surface area contributed by atoms with Gasteiger partial charge >= 0.3 is 5.97 Å². The molecule has 2 aliphatic rings. The van der Waals surface area contributed by atoms with Crippen LogP contribution in [0.4, 0.5) is 0 Å². The second-order valence-electron chi connectivity index (χ2n) is 12.7. The average Bonchev–Trinajstić information content (AvgIpc) is 3.81. The number of hydrogen-bond donors (Lipinski definition) is 2. The number of likely N-dealkylation sites (tertiary alicyclic amines) is 2. The van der Waals surface area contributed by atoms with Crippen LogP contribution in [-0.4, -0.2) is 84.1 Å². The van der Waals surface area contributed by atoms with Gasteiger partial charge in [0.05, 0.1) is 13.1 Å². The molecular formula is C33H51N7O2S. The number of aryl methyl sites for hydroxylation is 2. The molecular weight excluding hydrogens is 558 g/mol. The molecule has 0 bridgehead atoms. The van der Waals surface area contributed by atoms with Gasteiger partial charge in [0.1, 0.15) is 11.6 Å². The Morgan fingerprint density at radius 1 is 1.02 bits per heavy atom. The van der Waals surface area contributed by atoms with E-state index in [2.05, 4.69) is 61.4 Å². The number of nitrogens with zero attached hydrogens (tertiary/aromatic N) is 6. The molecule has 0 radical (unpaired) electrons. The van der Waals surface area contributed by atoms with Gasteiger partial charge in [-0.1, -0.05) is 13.8 Å². The van der Waals surface area contributed by atoms with E-state index >= 15 is 0 Å². The van der Waals surface area contributed by atoms with Crippen LogP contribution in [-0.2, 0) is 37.4 Å². The molecule has 0 saturated carbocycles. The highest BCUT2D eigenvalue weighted by Crippen LogP contribution is 2.41. The molecule has 3 aromatic heterocycles. The Hall–Kier alpha value is -2.53. The molecule has 5 rings (SSSR count). The van der Waals surface area contributed by atoms with E-state index in [1.807, 2.05) is 12.4 Å². The van der Waals surface area contributed by atoms with Gasteiger partial charge in [-0.3, -0.25) is 9.69 Å². The van der Waals surface area contributed by atoms with Crippen LogP contribution in [0.3, 0.4) is 0 Å². The monoisotopic (exact) mass is 609 g/mol. The quantitative estimate of drug-likeness (QED) is 0.205. The van der Waals surface area contributed by atoms with E-state index in [1.165, 1.54) is 68.0 Å². The van der Waals surface area contributed by atoms with Crippen LogP contribution in [0.2, 0.25) is 0 Å². The number of aromatic amines is 1. The minimum absolute atomic E-state index is 0.219. The number of thiophene rings is 1. The fourth-order valence-corrected chi connectivity index (χ4v) is 8.30. The van der Waals surface area contributed by atoms with Crippen molar-refractivity contribution in [1.29, 1.82) is 0 Å². The minimum Gasteiger partial charge on any atom is -0.481 e. The zero-order valence-electron chi connectivity index (χ0n) is 26.2. The van der Waals surface area contributed by atoms with Crippen LogP contribution >= 0.6 is 11.3 Å². The lowest BCUT2D eigenvalue weighted by Crippen LogP contribution is -2.45. The lowest BCUT2D eigenvalue weighted by Gasteiger charge is -2.42. The normalized spacial score (nSPS) is 17.6. The number of nitrogens with one attached hydrogen (secondary N) is 1. The molecule has 9 nitrogen and oxygen atoms in total. The molecule has 0 unspecified atom stereocenters. The molecule has 236 valence electrons. The summed E-state index contributed by atoms with van der Waals surface area (Å²) in [5.74, 6) is 1.32. The van der Waals surface area contributed by atoms with Gasteiger partial charge in [-0.05, 0) is 95.1 Å². The molecule has 0 atom stereocenters. The summed E-state index contributed by atoms with van der Waals surface area (Å²) < 4.78 is 2.33. The second-order valence-corrected chi connectivity index (χ2v) is 14.0. The predicted molar refractivity (Wildman–Crippen MR) is 172 cm³/mol. The van der Waals surface area contributed by atoms with Gasteiger partial charge in [0.25, 0.3) is 0 Å². The largest absolute Gasteiger partial charge is 0.481 e. The summed E-state index contributed by atoms with van der Waals surface area (Å²) in [6, 6.07) is 5.10. The van der Waals surface area contributed by atoms with Crippen molar-refractivity contribution >= 4 is 17.3 Å². The first-order valence-electron chi connectivity index (χ1n) is 16.4. The summed E-state index contributed by atoms with van der Waals surface area (Å²) in [6.07, 6.45) is 17.2. The molecule has 0 amide bonds. The summed E-state index contributed by atoms with van der Waals surface area (Å²) in [5, 5.41) is 8.96. The van der Waals surface area contributed by atoms with Gasteiger partial charge in [0, 0.05) is 66.6 Å². The van der Waals surface area contributed by atoms with Crippen molar-refractivity contribution in [2.75, 3.05) is 32.7 Å².